The third-order valence-corrected chi connectivity index (χ3v) is 8.01. The summed E-state index contributed by atoms with van der Waals surface area (Å²) in [6.07, 6.45) is 0.745. The van der Waals surface area contributed by atoms with Gasteiger partial charge in [0.25, 0.3) is 5.56 Å². The first kappa shape index (κ1) is 29.9. The van der Waals surface area contributed by atoms with Crippen molar-refractivity contribution in [3.63, 3.8) is 0 Å². The summed E-state index contributed by atoms with van der Waals surface area (Å²) in [6.45, 7) is 2.00. The van der Waals surface area contributed by atoms with Gasteiger partial charge in [-0.3, -0.25) is 19.3 Å². The maximum Gasteiger partial charge on any atom is 0.343 e. The van der Waals surface area contributed by atoms with Crippen molar-refractivity contribution in [3.05, 3.63) is 85.8 Å². The first-order valence-corrected chi connectivity index (χ1v) is 13.9. The summed E-state index contributed by atoms with van der Waals surface area (Å²) in [5, 5.41) is 10.9. The Hall–Kier alpha value is -4.58. The van der Waals surface area contributed by atoms with E-state index in [-0.39, 0.29) is 47.7 Å². The van der Waals surface area contributed by atoms with Crippen molar-refractivity contribution in [2.75, 3.05) is 41.0 Å². The molecule has 1 aromatic carbocycles. The fourth-order valence-electron chi connectivity index (χ4n) is 6.04. The van der Waals surface area contributed by atoms with Crippen LogP contribution in [0.3, 0.4) is 0 Å². The molecule has 1 N–H and O–H groups in total. The molecule has 1 fully saturated rings. The number of likely N-dealkylation sites (tertiary alicyclic amines) is 1. The van der Waals surface area contributed by atoms with Crippen molar-refractivity contribution >= 4 is 11.9 Å². The van der Waals surface area contributed by atoms with E-state index < -0.39 is 29.0 Å². The Morgan fingerprint density at radius 1 is 1.00 bits per heavy atom. The Morgan fingerprint density at radius 2 is 1.79 bits per heavy atom. The minimum absolute atomic E-state index is 0.00570. The Morgan fingerprint density at radius 3 is 2.53 bits per heavy atom. The van der Waals surface area contributed by atoms with Gasteiger partial charge >= 0.3 is 11.9 Å². The van der Waals surface area contributed by atoms with E-state index in [0.717, 1.165) is 12.1 Å². The van der Waals surface area contributed by atoms with E-state index in [1.807, 2.05) is 10.6 Å². The number of fused-ring (bicyclic) bond motifs is 4. The lowest BCUT2D eigenvalue weighted by atomic mass is 9.83. The molecular weight excluding hydrogens is 560 g/mol. The average molecular weight is 595 g/mol. The van der Waals surface area contributed by atoms with Crippen LogP contribution in [0.4, 0.5) is 0 Å². The zero-order valence-electron chi connectivity index (χ0n) is 24.2. The highest BCUT2D eigenvalue weighted by molar-refractivity contribution is 5.72. The first-order chi connectivity index (χ1) is 20.7. The van der Waals surface area contributed by atoms with Gasteiger partial charge in [-0.2, -0.15) is 0 Å². The van der Waals surface area contributed by atoms with Crippen molar-refractivity contribution in [3.8, 4) is 17.2 Å². The Bertz CT molecular complexity index is 1630. The van der Waals surface area contributed by atoms with E-state index in [0.29, 0.717) is 37.5 Å². The molecule has 228 valence electrons. The molecule has 5 rings (SSSR count). The monoisotopic (exact) mass is 594 g/mol. The molecule has 0 unspecified atom stereocenters. The molecular formula is C31H34N2O10. The largest absolute Gasteiger partial charge is 0.502 e. The van der Waals surface area contributed by atoms with Gasteiger partial charge in [0.15, 0.2) is 23.9 Å². The zero-order valence-corrected chi connectivity index (χ0v) is 24.2. The predicted octanol–water partition coefficient (Wildman–Crippen LogP) is 2.38. The SMILES string of the molecule is COC(=O)COc1ccc([C@@H](CC(=O)OC)c2oc(CN3C[C@@H]4C[C@H](C3)c3cccc(=O)n3C4)cc(=O)c2O)cc1OC. The fourth-order valence-corrected chi connectivity index (χ4v) is 6.04. The number of hydrogen-bond donors (Lipinski definition) is 1. The maximum absolute atomic E-state index is 13.0. The van der Waals surface area contributed by atoms with Crippen molar-refractivity contribution in [1.82, 2.24) is 9.47 Å². The summed E-state index contributed by atoms with van der Waals surface area (Å²) >= 11 is 0. The van der Waals surface area contributed by atoms with Crippen LogP contribution in [0.5, 0.6) is 17.2 Å². The standard InChI is InChI=1S/C31H34N2O10/c1-39-26-10-19(7-8-25(26)42-17-29(37)41-3)22(12-28(36)40-2)31-30(38)24(34)11-21(43-31)16-32-13-18-9-20(15-32)23-5-4-6-27(35)33(23)14-18/h4-8,10-11,18,20,22,38H,9,12-17H2,1-3H3/t18-,20+,22+/m0/s1. The molecule has 2 aliphatic rings. The normalized spacial score (nSPS) is 18.3. The van der Waals surface area contributed by atoms with Crippen molar-refractivity contribution in [1.29, 1.82) is 0 Å². The molecule has 12 nitrogen and oxygen atoms in total. The second-order valence-corrected chi connectivity index (χ2v) is 10.8. The summed E-state index contributed by atoms with van der Waals surface area (Å²) in [5.41, 5.74) is 0.863. The quantitative estimate of drug-likeness (QED) is 0.345. The molecule has 2 bridgehead atoms. The number of rotatable bonds is 10. The van der Waals surface area contributed by atoms with Gasteiger partial charge in [0.2, 0.25) is 11.2 Å². The molecule has 2 aromatic heterocycles. The van der Waals surface area contributed by atoms with E-state index in [1.165, 1.54) is 27.4 Å². The van der Waals surface area contributed by atoms with Crippen LogP contribution < -0.4 is 20.5 Å². The highest BCUT2D eigenvalue weighted by Crippen LogP contribution is 2.39. The van der Waals surface area contributed by atoms with Crippen LogP contribution in [0.1, 0.15) is 47.5 Å². The lowest BCUT2D eigenvalue weighted by molar-refractivity contribution is -0.143. The Labute approximate surface area is 247 Å². The summed E-state index contributed by atoms with van der Waals surface area (Å²) in [5.74, 6) is -1.45. The summed E-state index contributed by atoms with van der Waals surface area (Å²) in [7, 11) is 3.91. The molecule has 0 saturated carbocycles. The summed E-state index contributed by atoms with van der Waals surface area (Å²) in [6, 6.07) is 11.4. The van der Waals surface area contributed by atoms with Crippen LogP contribution in [0.15, 0.2) is 56.5 Å². The number of methoxy groups -OCH3 is 3. The Balaban J connectivity index is 1.44. The van der Waals surface area contributed by atoms with E-state index in [4.69, 9.17) is 18.6 Å². The molecule has 43 heavy (non-hydrogen) atoms. The number of ether oxygens (including phenoxy) is 4. The molecule has 0 radical (unpaired) electrons. The molecule has 1 saturated heterocycles. The van der Waals surface area contributed by atoms with Crippen molar-refractivity contribution < 1.29 is 38.1 Å². The molecule has 2 aliphatic heterocycles. The third kappa shape index (κ3) is 6.43. The third-order valence-electron chi connectivity index (χ3n) is 8.01. The topological polar surface area (TPSA) is 147 Å². The van der Waals surface area contributed by atoms with Gasteiger partial charge in [0.05, 0.1) is 40.2 Å². The highest BCUT2D eigenvalue weighted by atomic mass is 16.6. The fraction of sp³-hybridized carbons (Fsp3) is 0.419. The molecule has 3 atom stereocenters. The van der Waals surface area contributed by atoms with Gasteiger partial charge in [-0.25, -0.2) is 4.79 Å². The van der Waals surface area contributed by atoms with Crippen LogP contribution in [0.2, 0.25) is 0 Å². The van der Waals surface area contributed by atoms with E-state index in [9.17, 15) is 24.3 Å². The Kier molecular flexibility index (Phi) is 8.86. The number of aromatic hydroxyl groups is 1. The number of esters is 2. The van der Waals surface area contributed by atoms with Gasteiger partial charge in [0.1, 0.15) is 5.76 Å². The number of pyridine rings is 1. The predicted molar refractivity (Wildman–Crippen MR) is 152 cm³/mol. The minimum Gasteiger partial charge on any atom is -0.502 e. The van der Waals surface area contributed by atoms with Gasteiger partial charge in [-0.15, -0.1) is 0 Å². The van der Waals surface area contributed by atoms with Gasteiger partial charge < -0.3 is 33.0 Å². The molecule has 12 heteroatoms. The van der Waals surface area contributed by atoms with Crippen LogP contribution in [0.25, 0.3) is 0 Å². The van der Waals surface area contributed by atoms with Crippen LogP contribution in [-0.4, -0.2) is 67.5 Å². The number of hydrogen-bond acceptors (Lipinski definition) is 11. The van der Waals surface area contributed by atoms with Crippen LogP contribution in [-0.2, 0) is 32.2 Å². The van der Waals surface area contributed by atoms with E-state index >= 15 is 0 Å². The van der Waals surface area contributed by atoms with Crippen molar-refractivity contribution in [2.45, 2.75) is 37.8 Å². The molecule has 0 amide bonds. The van der Waals surface area contributed by atoms with Crippen molar-refractivity contribution in [2.24, 2.45) is 5.92 Å². The number of benzene rings is 1. The highest BCUT2D eigenvalue weighted by Gasteiger charge is 2.35. The van der Waals surface area contributed by atoms with Gasteiger partial charge in [0, 0.05) is 43.4 Å². The first-order valence-electron chi connectivity index (χ1n) is 13.9. The second kappa shape index (κ2) is 12.7. The summed E-state index contributed by atoms with van der Waals surface area (Å²) < 4.78 is 28.5. The van der Waals surface area contributed by atoms with Gasteiger partial charge in [-0.05, 0) is 36.1 Å². The zero-order chi connectivity index (χ0) is 30.7. The molecule has 4 heterocycles. The van der Waals surface area contributed by atoms with Gasteiger partial charge in [-0.1, -0.05) is 12.1 Å². The number of aromatic nitrogens is 1. The number of piperidine rings is 1. The number of carbonyl (C=O) groups excluding carboxylic acids is 2. The molecule has 3 aromatic rings. The van der Waals surface area contributed by atoms with Crippen LogP contribution >= 0.6 is 0 Å². The number of carbonyl (C=O) groups is 2. The summed E-state index contributed by atoms with van der Waals surface area (Å²) in [4.78, 5) is 51.6. The number of nitrogens with zero attached hydrogens (tertiary/aromatic N) is 2. The van der Waals surface area contributed by atoms with Crippen LogP contribution in [0, 0.1) is 5.92 Å². The van der Waals surface area contributed by atoms with E-state index in [2.05, 4.69) is 9.64 Å². The lowest BCUT2D eigenvalue weighted by Gasteiger charge is -2.42. The average Bonchev–Trinajstić information content (AvgIpc) is 3.00. The van der Waals surface area contributed by atoms with E-state index in [1.54, 1.807) is 30.3 Å². The lowest BCUT2D eigenvalue weighted by Crippen LogP contribution is -2.46. The maximum atomic E-state index is 13.0. The second-order valence-electron chi connectivity index (χ2n) is 10.8. The smallest absolute Gasteiger partial charge is 0.343 e. The minimum atomic E-state index is -0.900. The molecule has 0 aliphatic carbocycles. The molecule has 0 spiro atoms.